The van der Waals surface area contributed by atoms with Crippen molar-refractivity contribution < 1.29 is 19.2 Å². The second-order valence-electron chi connectivity index (χ2n) is 26.4. The Bertz CT molecular complexity index is 5700. The van der Waals surface area contributed by atoms with E-state index in [0.717, 1.165) is 92.5 Å². The van der Waals surface area contributed by atoms with Gasteiger partial charge in [-0.15, -0.1) is 0 Å². The van der Waals surface area contributed by atoms with Crippen molar-refractivity contribution in [1.29, 1.82) is 0 Å². The number of halogens is 4. The standard InChI is InChI=1S/3C23H19ClN2O.C22H18ClN3O/c1-16-10-12-17(13-11-16)14-26-15-21(19-7-3-5-9-22(19)26)25-23(27)18-6-2-4-8-20(18)24;1-16-9-11-17(12-10-16)14-26-15-21(20-7-2-3-8-22(20)26)25-23(27)18-5-4-6-19(24)13-18;1-16-6-8-17(9-7-16)14-26-15-21(20-4-2-3-5-22(20)26)25-23(27)18-10-12-19(24)13-11-18;1-15-9-11-16(12-10-15)13-26-14-19(17-5-2-3-7-20(17)26)25-22(27)18-6-4-8-21(23)24-18/h3*2-13,15H,14H2,1H3,(H,25,27);2-12,14H,13H2,1H3,(H,25,27). The van der Waals surface area contributed by atoms with Gasteiger partial charge in [-0.3, -0.25) is 19.2 Å². The van der Waals surface area contributed by atoms with E-state index < -0.39 is 0 Å². The number of fused-ring (bicyclic) bond motifs is 4. The van der Waals surface area contributed by atoms with Crippen LogP contribution in [0.15, 0.2) is 310 Å². The molecule has 0 radical (unpaired) electrons. The van der Waals surface area contributed by atoms with Crippen molar-refractivity contribution in [2.45, 2.75) is 53.9 Å². The summed E-state index contributed by atoms with van der Waals surface area (Å²) in [6.07, 6.45) is 7.94. The third kappa shape index (κ3) is 18.5. The molecule has 0 bridgehead atoms. The van der Waals surface area contributed by atoms with E-state index in [1.54, 1.807) is 78.9 Å². The van der Waals surface area contributed by atoms with Crippen LogP contribution in [-0.2, 0) is 26.2 Å². The number of para-hydroxylation sites is 4. The number of hydrogen-bond donors (Lipinski definition) is 4. The Morgan fingerprint density at radius 3 is 1.01 bits per heavy atom. The number of carbonyl (C=O) groups excluding carboxylic acids is 4. The lowest BCUT2D eigenvalue weighted by Gasteiger charge is -2.06. The molecule has 0 unspecified atom stereocenters. The number of carbonyl (C=O) groups is 4. The molecule has 5 heterocycles. The highest BCUT2D eigenvalue weighted by Crippen LogP contribution is 2.33. The van der Waals surface area contributed by atoms with Crippen LogP contribution in [0.25, 0.3) is 43.6 Å². The predicted octanol–water partition coefficient (Wildman–Crippen LogP) is 23.0. The summed E-state index contributed by atoms with van der Waals surface area (Å²) in [5.41, 5.74) is 19.1. The van der Waals surface area contributed by atoms with Gasteiger partial charge in [0.1, 0.15) is 10.8 Å². The Morgan fingerprint density at radius 2 is 0.639 bits per heavy atom. The number of benzene rings is 11. The maximum atomic E-state index is 12.7. The van der Waals surface area contributed by atoms with Crippen LogP contribution in [-0.4, -0.2) is 46.9 Å². The van der Waals surface area contributed by atoms with Gasteiger partial charge in [0.15, 0.2) is 0 Å². The van der Waals surface area contributed by atoms with E-state index in [4.69, 9.17) is 46.4 Å². The minimum absolute atomic E-state index is 0.148. The zero-order valence-corrected chi connectivity index (χ0v) is 62.7. The second kappa shape index (κ2) is 34.3. The van der Waals surface area contributed by atoms with Crippen LogP contribution in [0.5, 0.6) is 0 Å². The van der Waals surface area contributed by atoms with Gasteiger partial charge in [0.25, 0.3) is 23.6 Å². The molecule has 0 aliphatic heterocycles. The third-order valence-corrected chi connectivity index (χ3v) is 19.3. The summed E-state index contributed by atoms with van der Waals surface area (Å²) in [7, 11) is 0. The van der Waals surface area contributed by atoms with Crippen LogP contribution in [0, 0.1) is 27.7 Å². The number of anilines is 4. The molecule has 0 aliphatic carbocycles. The molecule has 0 aliphatic rings. The molecule has 17 heteroatoms. The Morgan fingerprint density at radius 1 is 0.306 bits per heavy atom. The van der Waals surface area contributed by atoms with E-state index in [2.05, 4.69) is 194 Å². The van der Waals surface area contributed by atoms with Crippen molar-refractivity contribution in [2.24, 2.45) is 0 Å². The van der Waals surface area contributed by atoms with Crippen molar-refractivity contribution in [3.8, 4) is 0 Å². The molecule has 4 amide bonds. The summed E-state index contributed by atoms with van der Waals surface area (Å²) >= 11 is 24.0. The molecule has 5 aromatic heterocycles. The molecule has 16 rings (SSSR count). The van der Waals surface area contributed by atoms with Crippen LogP contribution >= 0.6 is 46.4 Å². The zero-order valence-electron chi connectivity index (χ0n) is 59.7. The second-order valence-corrected chi connectivity index (χ2v) is 28.0. The van der Waals surface area contributed by atoms with Gasteiger partial charge in [-0.1, -0.05) is 263 Å². The van der Waals surface area contributed by atoms with Crippen LogP contribution in [0.2, 0.25) is 20.2 Å². The highest BCUT2D eigenvalue weighted by molar-refractivity contribution is 6.34. The number of aromatic nitrogens is 5. The van der Waals surface area contributed by atoms with Crippen molar-refractivity contribution in [3.63, 3.8) is 0 Å². The lowest BCUT2D eigenvalue weighted by molar-refractivity contribution is 0.101. The van der Waals surface area contributed by atoms with Crippen LogP contribution in [0.1, 0.15) is 86.1 Å². The maximum absolute atomic E-state index is 12.7. The fraction of sp³-hybridized carbons (Fsp3) is 0.0879. The molecule has 0 fully saturated rings. The first-order chi connectivity index (χ1) is 52.4. The number of aryl methyl sites for hydroxylation is 4. The average Bonchev–Trinajstić information content (AvgIpc) is 1.67. The summed E-state index contributed by atoms with van der Waals surface area (Å²) < 4.78 is 8.62. The van der Waals surface area contributed by atoms with E-state index in [1.165, 1.54) is 44.5 Å². The molecule has 13 nitrogen and oxygen atoms in total. The van der Waals surface area contributed by atoms with Gasteiger partial charge in [0, 0.05) is 93.7 Å². The topological polar surface area (TPSA) is 149 Å². The fourth-order valence-corrected chi connectivity index (χ4v) is 13.3. The normalized spacial score (nSPS) is 10.9. The highest BCUT2D eigenvalue weighted by atomic mass is 35.5. The Labute approximate surface area is 646 Å². The van der Waals surface area contributed by atoms with Crippen LogP contribution < -0.4 is 21.3 Å². The van der Waals surface area contributed by atoms with Gasteiger partial charge in [0.05, 0.1) is 55.4 Å². The first kappa shape index (κ1) is 74.1. The van der Waals surface area contributed by atoms with E-state index >= 15 is 0 Å². The first-order valence-corrected chi connectivity index (χ1v) is 36.6. The lowest BCUT2D eigenvalue weighted by atomic mass is 10.1. The molecule has 108 heavy (non-hydrogen) atoms. The smallest absolute Gasteiger partial charge is 0.274 e. The summed E-state index contributed by atoms with van der Waals surface area (Å²) in [6.45, 7) is 11.3. The van der Waals surface area contributed by atoms with Gasteiger partial charge in [0.2, 0.25) is 0 Å². The molecule has 16 aromatic rings. The van der Waals surface area contributed by atoms with Crippen molar-refractivity contribution in [2.75, 3.05) is 21.3 Å². The molecule has 0 saturated carbocycles. The van der Waals surface area contributed by atoms with Gasteiger partial charge in [-0.05, 0) is 141 Å². The monoisotopic (exact) mass is 1500 g/mol. The average molecular weight is 1500 g/mol. The molecular weight excluding hydrogens is 1420 g/mol. The van der Waals surface area contributed by atoms with E-state index in [9.17, 15) is 19.2 Å². The Balaban J connectivity index is 0.000000127. The summed E-state index contributed by atoms with van der Waals surface area (Å²) in [4.78, 5) is 54.6. The maximum Gasteiger partial charge on any atom is 0.274 e. The number of amides is 4. The minimum atomic E-state index is -0.282. The first-order valence-electron chi connectivity index (χ1n) is 35.1. The van der Waals surface area contributed by atoms with E-state index in [1.807, 2.05) is 110 Å². The van der Waals surface area contributed by atoms with E-state index in [0.29, 0.717) is 36.9 Å². The molecule has 0 saturated heterocycles. The largest absolute Gasteiger partial charge is 0.341 e. The lowest BCUT2D eigenvalue weighted by Crippen LogP contribution is -2.13. The number of nitrogens with zero attached hydrogens (tertiary/aromatic N) is 5. The molecule has 0 spiro atoms. The van der Waals surface area contributed by atoms with Gasteiger partial charge in [-0.25, -0.2) is 4.98 Å². The van der Waals surface area contributed by atoms with Gasteiger partial charge < -0.3 is 39.5 Å². The number of nitrogens with one attached hydrogen (secondary N) is 4. The quantitative estimate of drug-likeness (QED) is 0.0711. The number of rotatable bonds is 16. The molecular formula is C91H75Cl4N9O4. The van der Waals surface area contributed by atoms with Gasteiger partial charge >= 0.3 is 0 Å². The Hall–Kier alpha value is -12.2. The summed E-state index contributed by atoms with van der Waals surface area (Å²) in [6, 6.07) is 92.1. The van der Waals surface area contributed by atoms with Crippen molar-refractivity contribution in [1.82, 2.24) is 23.3 Å². The molecule has 536 valence electrons. The predicted molar refractivity (Wildman–Crippen MR) is 444 cm³/mol. The van der Waals surface area contributed by atoms with E-state index in [-0.39, 0.29) is 29.3 Å². The van der Waals surface area contributed by atoms with Crippen molar-refractivity contribution in [3.05, 3.63) is 397 Å². The van der Waals surface area contributed by atoms with Crippen LogP contribution in [0.4, 0.5) is 22.7 Å². The Kier molecular flexibility index (Phi) is 23.5. The number of pyridine rings is 1. The molecule has 0 atom stereocenters. The minimum Gasteiger partial charge on any atom is -0.341 e. The fourth-order valence-electron chi connectivity index (χ4n) is 12.6. The van der Waals surface area contributed by atoms with Crippen molar-refractivity contribution >= 4 is 136 Å². The molecule has 4 N–H and O–H groups in total. The zero-order chi connectivity index (χ0) is 75.2. The highest BCUT2D eigenvalue weighted by Gasteiger charge is 2.19. The molecule has 11 aromatic carbocycles. The number of hydrogen-bond acceptors (Lipinski definition) is 5. The SMILES string of the molecule is Cc1ccc(Cn2cc(NC(=O)c3ccc(Cl)cc3)c3ccccc32)cc1.Cc1ccc(Cn2cc(NC(=O)c3cccc(Cl)c3)c3ccccc32)cc1.Cc1ccc(Cn2cc(NC(=O)c3cccc(Cl)n3)c3ccccc32)cc1.Cc1ccc(Cn2cc(NC(=O)c3ccccc3Cl)c3ccccc32)cc1. The summed E-state index contributed by atoms with van der Waals surface area (Å²) in [5.74, 6) is -0.810. The van der Waals surface area contributed by atoms with Gasteiger partial charge in [-0.2, -0.15) is 0 Å². The van der Waals surface area contributed by atoms with Crippen LogP contribution in [0.3, 0.4) is 0 Å². The summed E-state index contributed by atoms with van der Waals surface area (Å²) in [5, 5.41) is 18.0. The third-order valence-electron chi connectivity index (χ3n) is 18.3.